The molecule has 0 amide bonds. The summed E-state index contributed by atoms with van der Waals surface area (Å²) in [6.45, 7) is 5.81. The molecule has 0 bridgehead atoms. The van der Waals surface area contributed by atoms with Crippen LogP contribution in [0.5, 0.6) is 5.75 Å². The molecule has 0 aliphatic carbocycles. The van der Waals surface area contributed by atoms with Gasteiger partial charge in [-0.2, -0.15) is 5.26 Å². The average Bonchev–Trinajstić information content (AvgIpc) is 2.98. The third-order valence-corrected chi connectivity index (χ3v) is 4.07. The molecule has 0 saturated carbocycles. The number of ether oxygens (including phenoxy) is 3. The van der Waals surface area contributed by atoms with Crippen molar-refractivity contribution in [1.82, 2.24) is 4.57 Å². The second-order valence-electron chi connectivity index (χ2n) is 5.91. The molecule has 0 fully saturated rings. The summed E-state index contributed by atoms with van der Waals surface area (Å²) in [7, 11) is 1.19. The zero-order chi connectivity index (χ0) is 20.7. The maximum absolute atomic E-state index is 12.0. The molecule has 146 valence electrons. The van der Waals surface area contributed by atoms with Crippen molar-refractivity contribution in [2.75, 3.05) is 20.3 Å². The van der Waals surface area contributed by atoms with Crippen LogP contribution in [0, 0.1) is 25.2 Å². The van der Waals surface area contributed by atoms with Crippen LogP contribution in [-0.2, 0) is 19.1 Å². The third-order valence-electron chi connectivity index (χ3n) is 4.07. The zero-order valence-corrected chi connectivity index (χ0v) is 16.3. The van der Waals surface area contributed by atoms with E-state index >= 15 is 0 Å². The fraction of sp³-hybridized carbons (Fsp3) is 0.286. The van der Waals surface area contributed by atoms with E-state index < -0.39 is 18.5 Å². The van der Waals surface area contributed by atoms with Gasteiger partial charge >= 0.3 is 11.9 Å². The van der Waals surface area contributed by atoms with Gasteiger partial charge < -0.3 is 18.8 Å². The van der Waals surface area contributed by atoms with Gasteiger partial charge in [0.05, 0.1) is 13.7 Å². The number of esters is 2. The molecule has 0 radical (unpaired) electrons. The number of aromatic nitrogens is 1. The number of rotatable bonds is 7. The first-order valence-electron chi connectivity index (χ1n) is 8.69. The highest BCUT2D eigenvalue weighted by molar-refractivity contribution is 5.98. The van der Waals surface area contributed by atoms with E-state index in [0.29, 0.717) is 12.2 Å². The maximum Gasteiger partial charge on any atom is 0.349 e. The van der Waals surface area contributed by atoms with Crippen molar-refractivity contribution in [2.45, 2.75) is 20.8 Å². The lowest BCUT2D eigenvalue weighted by atomic mass is 10.1. The van der Waals surface area contributed by atoms with E-state index in [9.17, 15) is 14.9 Å². The van der Waals surface area contributed by atoms with Crippen LogP contribution in [0.3, 0.4) is 0 Å². The molecule has 1 aromatic carbocycles. The molecular weight excluding hydrogens is 360 g/mol. The Bertz CT molecular complexity index is 933. The molecule has 0 unspecified atom stereocenters. The lowest BCUT2D eigenvalue weighted by Crippen LogP contribution is -2.15. The van der Waals surface area contributed by atoms with Crippen LogP contribution in [0.4, 0.5) is 0 Å². The first-order chi connectivity index (χ1) is 13.4. The number of nitriles is 1. The van der Waals surface area contributed by atoms with Crippen molar-refractivity contribution < 1.29 is 23.8 Å². The molecule has 2 rings (SSSR count). The Labute approximate surface area is 163 Å². The summed E-state index contributed by atoms with van der Waals surface area (Å²) >= 11 is 0. The Hall–Kier alpha value is -3.53. The predicted molar refractivity (Wildman–Crippen MR) is 103 cm³/mol. The van der Waals surface area contributed by atoms with Gasteiger partial charge in [0.2, 0.25) is 0 Å². The standard InChI is InChI=1S/C21H22N2O5/c1-5-27-19-8-6-18(7-9-19)23-14(2)10-16(15(23)3)11-17(12-22)21(25)28-13-20(24)26-4/h6-11H,5,13H2,1-4H3/b17-11+. The number of aryl methyl sites for hydroxylation is 1. The summed E-state index contributed by atoms with van der Waals surface area (Å²) in [6, 6.07) is 11.3. The molecule has 0 atom stereocenters. The first kappa shape index (κ1) is 20.8. The minimum absolute atomic E-state index is 0.198. The highest BCUT2D eigenvalue weighted by atomic mass is 16.6. The van der Waals surface area contributed by atoms with Crippen molar-refractivity contribution in [3.63, 3.8) is 0 Å². The summed E-state index contributed by atoms with van der Waals surface area (Å²) < 4.78 is 16.7. The van der Waals surface area contributed by atoms with Crippen LogP contribution < -0.4 is 4.74 Å². The summed E-state index contributed by atoms with van der Waals surface area (Å²) in [5.41, 5.74) is 3.24. The van der Waals surface area contributed by atoms with E-state index in [1.807, 2.05) is 61.7 Å². The predicted octanol–water partition coefficient (Wildman–Crippen LogP) is 3.12. The maximum atomic E-state index is 12.0. The van der Waals surface area contributed by atoms with Crippen LogP contribution in [0.1, 0.15) is 23.9 Å². The van der Waals surface area contributed by atoms with Gasteiger partial charge in [-0.25, -0.2) is 9.59 Å². The molecular formula is C21H22N2O5. The molecule has 7 nitrogen and oxygen atoms in total. The van der Waals surface area contributed by atoms with Gasteiger partial charge in [-0.05, 0) is 62.7 Å². The van der Waals surface area contributed by atoms with Crippen molar-refractivity contribution in [3.8, 4) is 17.5 Å². The van der Waals surface area contributed by atoms with Crippen molar-refractivity contribution in [1.29, 1.82) is 5.26 Å². The second kappa shape index (κ2) is 9.42. The van der Waals surface area contributed by atoms with E-state index in [0.717, 1.165) is 22.8 Å². The molecule has 1 aromatic heterocycles. The van der Waals surface area contributed by atoms with Crippen LogP contribution in [0.25, 0.3) is 11.8 Å². The average molecular weight is 382 g/mol. The Morgan fingerprint density at radius 3 is 2.46 bits per heavy atom. The van der Waals surface area contributed by atoms with E-state index in [-0.39, 0.29) is 5.57 Å². The van der Waals surface area contributed by atoms with Crippen LogP contribution in [0.15, 0.2) is 35.9 Å². The lowest BCUT2D eigenvalue weighted by Gasteiger charge is -2.11. The molecule has 0 aliphatic heterocycles. The normalized spacial score (nSPS) is 10.9. The Morgan fingerprint density at radius 1 is 1.21 bits per heavy atom. The number of carbonyl (C=O) groups excluding carboxylic acids is 2. The second-order valence-corrected chi connectivity index (χ2v) is 5.91. The minimum atomic E-state index is -0.876. The highest BCUT2D eigenvalue weighted by Gasteiger charge is 2.16. The van der Waals surface area contributed by atoms with Crippen molar-refractivity contribution in [2.24, 2.45) is 0 Å². The SMILES string of the molecule is CCOc1ccc(-n2c(C)cc(/C=C(\C#N)C(=O)OCC(=O)OC)c2C)cc1. The zero-order valence-electron chi connectivity index (χ0n) is 16.3. The molecule has 2 aromatic rings. The van der Waals surface area contributed by atoms with Gasteiger partial charge in [0.25, 0.3) is 0 Å². The van der Waals surface area contributed by atoms with Gasteiger partial charge in [0.15, 0.2) is 6.61 Å². The summed E-state index contributed by atoms with van der Waals surface area (Å²) in [5.74, 6) is -0.785. The smallest absolute Gasteiger partial charge is 0.349 e. The fourth-order valence-electron chi connectivity index (χ4n) is 2.74. The van der Waals surface area contributed by atoms with E-state index in [4.69, 9.17) is 9.47 Å². The van der Waals surface area contributed by atoms with Gasteiger partial charge in [-0.15, -0.1) is 0 Å². The fourth-order valence-corrected chi connectivity index (χ4v) is 2.74. The highest BCUT2D eigenvalue weighted by Crippen LogP contribution is 2.24. The van der Waals surface area contributed by atoms with E-state index in [1.54, 1.807) is 0 Å². The third kappa shape index (κ3) is 4.80. The number of nitrogens with zero attached hydrogens (tertiary/aromatic N) is 2. The van der Waals surface area contributed by atoms with Crippen LogP contribution in [-0.4, -0.2) is 36.8 Å². The van der Waals surface area contributed by atoms with Crippen LogP contribution in [0.2, 0.25) is 0 Å². The largest absolute Gasteiger partial charge is 0.494 e. The Balaban J connectivity index is 2.30. The number of carbonyl (C=O) groups is 2. The topological polar surface area (TPSA) is 90.5 Å². The monoisotopic (exact) mass is 382 g/mol. The summed E-state index contributed by atoms with van der Waals surface area (Å²) in [4.78, 5) is 23.1. The van der Waals surface area contributed by atoms with Gasteiger partial charge in [0, 0.05) is 17.1 Å². The minimum Gasteiger partial charge on any atom is -0.494 e. The molecule has 0 aliphatic rings. The summed E-state index contributed by atoms with van der Waals surface area (Å²) in [5, 5.41) is 9.29. The molecule has 7 heteroatoms. The quantitative estimate of drug-likeness (QED) is 0.415. The molecule has 0 saturated heterocycles. The Kier molecular flexibility index (Phi) is 6.99. The number of hydrogen-bond acceptors (Lipinski definition) is 6. The molecule has 28 heavy (non-hydrogen) atoms. The van der Waals surface area contributed by atoms with Crippen molar-refractivity contribution in [3.05, 3.63) is 52.9 Å². The van der Waals surface area contributed by atoms with Gasteiger partial charge in [-0.1, -0.05) is 0 Å². The lowest BCUT2D eigenvalue weighted by molar-refractivity contribution is -0.154. The number of methoxy groups -OCH3 is 1. The number of benzene rings is 1. The summed E-state index contributed by atoms with van der Waals surface area (Å²) in [6.07, 6.45) is 1.45. The van der Waals surface area contributed by atoms with E-state index in [2.05, 4.69) is 4.74 Å². The van der Waals surface area contributed by atoms with Crippen molar-refractivity contribution >= 4 is 18.0 Å². The first-order valence-corrected chi connectivity index (χ1v) is 8.69. The number of hydrogen-bond donors (Lipinski definition) is 0. The molecule has 1 heterocycles. The molecule has 0 spiro atoms. The molecule has 0 N–H and O–H groups in total. The van der Waals surface area contributed by atoms with Crippen LogP contribution >= 0.6 is 0 Å². The van der Waals surface area contributed by atoms with Gasteiger partial charge in [0.1, 0.15) is 17.4 Å². The van der Waals surface area contributed by atoms with E-state index in [1.165, 1.54) is 13.2 Å². The Morgan fingerprint density at radius 2 is 1.89 bits per heavy atom. The van der Waals surface area contributed by atoms with Gasteiger partial charge in [-0.3, -0.25) is 0 Å².